The van der Waals surface area contributed by atoms with Crippen molar-refractivity contribution in [3.05, 3.63) is 65.5 Å². The van der Waals surface area contributed by atoms with Gasteiger partial charge in [-0.05, 0) is 36.3 Å². The summed E-state index contributed by atoms with van der Waals surface area (Å²) in [6, 6.07) is 14.9. The van der Waals surface area contributed by atoms with Crippen molar-refractivity contribution in [2.24, 2.45) is 0 Å². The van der Waals surface area contributed by atoms with E-state index in [0.717, 1.165) is 38.4 Å². The lowest BCUT2D eigenvalue weighted by molar-refractivity contribution is 0.296. The Bertz CT molecular complexity index is 504. The molecule has 0 spiro atoms. The third-order valence-corrected chi connectivity index (χ3v) is 3.68. The van der Waals surface area contributed by atoms with Crippen LogP contribution in [0.15, 0.2) is 48.7 Å². The van der Waals surface area contributed by atoms with E-state index in [9.17, 15) is 0 Å². The molecule has 3 heteroatoms. The summed E-state index contributed by atoms with van der Waals surface area (Å²) in [5.74, 6) is 0. The molecule has 0 saturated carbocycles. The van der Waals surface area contributed by atoms with Crippen LogP contribution in [0.2, 0.25) is 0 Å². The Morgan fingerprint density at radius 2 is 1.62 bits per heavy atom. The first-order chi connectivity index (χ1) is 10.3. The Kier molecular flexibility index (Phi) is 6.38. The van der Waals surface area contributed by atoms with Gasteiger partial charge >= 0.3 is 0 Å². The molecule has 3 nitrogen and oxygen atoms in total. The first-order valence-electron chi connectivity index (χ1n) is 7.72. The monoisotopic (exact) mass is 283 g/mol. The molecule has 0 aliphatic carbocycles. The van der Waals surface area contributed by atoms with Gasteiger partial charge in [-0.2, -0.15) is 0 Å². The van der Waals surface area contributed by atoms with Crippen molar-refractivity contribution in [2.75, 3.05) is 13.1 Å². The van der Waals surface area contributed by atoms with Crippen LogP contribution in [-0.4, -0.2) is 23.0 Å². The Hall–Kier alpha value is -1.71. The first-order valence-corrected chi connectivity index (χ1v) is 7.72. The fraction of sp³-hybridized carbons (Fsp3) is 0.389. The summed E-state index contributed by atoms with van der Waals surface area (Å²) in [5, 5.41) is 3.43. The summed E-state index contributed by atoms with van der Waals surface area (Å²) in [7, 11) is 0. The summed E-state index contributed by atoms with van der Waals surface area (Å²) in [4.78, 5) is 6.73. The number of benzene rings is 1. The average molecular weight is 283 g/mol. The molecule has 0 bridgehead atoms. The molecule has 0 fully saturated rings. The Morgan fingerprint density at radius 1 is 0.905 bits per heavy atom. The second kappa shape index (κ2) is 8.55. The van der Waals surface area contributed by atoms with E-state index in [1.807, 2.05) is 24.4 Å². The van der Waals surface area contributed by atoms with Crippen LogP contribution < -0.4 is 5.32 Å². The van der Waals surface area contributed by atoms with Gasteiger partial charge in [0.15, 0.2) is 0 Å². The number of rotatable bonds is 8. The molecule has 0 aliphatic heterocycles. The minimum atomic E-state index is 0.808. The number of pyridine rings is 1. The zero-order valence-corrected chi connectivity index (χ0v) is 13.0. The molecule has 21 heavy (non-hydrogen) atoms. The maximum absolute atomic E-state index is 4.31. The van der Waals surface area contributed by atoms with Crippen molar-refractivity contribution < 1.29 is 0 Å². The SMILES string of the molecule is CCN(CC)Cc1ccc(CNCc2ccccn2)cc1. The maximum atomic E-state index is 4.31. The fourth-order valence-corrected chi connectivity index (χ4v) is 2.31. The topological polar surface area (TPSA) is 28.2 Å². The molecule has 2 aromatic rings. The third kappa shape index (κ3) is 5.29. The normalized spacial score (nSPS) is 11.0. The van der Waals surface area contributed by atoms with Crippen LogP contribution in [0, 0.1) is 0 Å². The van der Waals surface area contributed by atoms with Crippen LogP contribution >= 0.6 is 0 Å². The van der Waals surface area contributed by atoms with Crippen LogP contribution in [0.4, 0.5) is 0 Å². The predicted molar refractivity (Wildman–Crippen MR) is 87.8 cm³/mol. The first kappa shape index (κ1) is 15.7. The highest BCUT2D eigenvalue weighted by Gasteiger charge is 2.01. The van der Waals surface area contributed by atoms with Crippen molar-refractivity contribution in [3.8, 4) is 0 Å². The molecule has 1 heterocycles. The molecule has 0 aliphatic rings. The Labute approximate surface area is 128 Å². The molecular weight excluding hydrogens is 258 g/mol. The fourth-order valence-electron chi connectivity index (χ4n) is 2.31. The highest BCUT2D eigenvalue weighted by molar-refractivity contribution is 5.22. The highest BCUT2D eigenvalue weighted by atomic mass is 15.1. The van der Waals surface area contributed by atoms with Crippen molar-refractivity contribution in [2.45, 2.75) is 33.5 Å². The van der Waals surface area contributed by atoms with E-state index in [1.165, 1.54) is 11.1 Å². The number of hydrogen-bond acceptors (Lipinski definition) is 3. The average Bonchev–Trinajstić information content (AvgIpc) is 2.55. The quantitative estimate of drug-likeness (QED) is 0.806. The van der Waals surface area contributed by atoms with E-state index in [-0.39, 0.29) is 0 Å². The van der Waals surface area contributed by atoms with Gasteiger partial charge in [0, 0.05) is 25.8 Å². The zero-order chi connectivity index (χ0) is 14.9. The molecular formula is C18H25N3. The standard InChI is InChI=1S/C18H25N3/c1-3-21(4-2)15-17-10-8-16(9-11-17)13-19-14-18-7-5-6-12-20-18/h5-12,19H,3-4,13-15H2,1-2H3. The van der Waals surface area contributed by atoms with Crippen molar-refractivity contribution in [1.82, 2.24) is 15.2 Å². The minimum Gasteiger partial charge on any atom is -0.307 e. The van der Waals surface area contributed by atoms with Crippen molar-refractivity contribution >= 4 is 0 Å². The van der Waals surface area contributed by atoms with Gasteiger partial charge in [-0.15, -0.1) is 0 Å². The summed E-state index contributed by atoms with van der Waals surface area (Å²) >= 11 is 0. The van der Waals surface area contributed by atoms with Crippen molar-refractivity contribution in [1.29, 1.82) is 0 Å². The molecule has 112 valence electrons. The van der Waals surface area contributed by atoms with Crippen LogP contribution in [0.5, 0.6) is 0 Å². The summed E-state index contributed by atoms with van der Waals surface area (Å²) < 4.78 is 0. The lowest BCUT2D eigenvalue weighted by Gasteiger charge is -2.18. The molecule has 2 rings (SSSR count). The largest absolute Gasteiger partial charge is 0.307 e. The summed E-state index contributed by atoms with van der Waals surface area (Å²) in [6.07, 6.45) is 1.83. The van der Waals surface area contributed by atoms with Gasteiger partial charge in [-0.1, -0.05) is 44.2 Å². The van der Waals surface area contributed by atoms with Crippen LogP contribution in [-0.2, 0) is 19.6 Å². The molecule has 0 unspecified atom stereocenters. The zero-order valence-electron chi connectivity index (χ0n) is 13.0. The van der Waals surface area contributed by atoms with Crippen LogP contribution in [0.3, 0.4) is 0 Å². The van der Waals surface area contributed by atoms with Gasteiger partial charge in [0.25, 0.3) is 0 Å². The second-order valence-electron chi connectivity index (χ2n) is 5.20. The lowest BCUT2D eigenvalue weighted by Crippen LogP contribution is -2.22. The summed E-state index contributed by atoms with van der Waals surface area (Å²) in [5.41, 5.74) is 3.78. The predicted octanol–water partition coefficient (Wildman–Crippen LogP) is 3.21. The van der Waals surface area contributed by atoms with E-state index < -0.39 is 0 Å². The van der Waals surface area contributed by atoms with E-state index >= 15 is 0 Å². The lowest BCUT2D eigenvalue weighted by atomic mass is 10.1. The third-order valence-electron chi connectivity index (χ3n) is 3.68. The Balaban J connectivity index is 1.79. The minimum absolute atomic E-state index is 0.808. The number of aromatic nitrogens is 1. The van der Waals surface area contributed by atoms with Gasteiger partial charge in [-0.3, -0.25) is 9.88 Å². The number of nitrogens with one attached hydrogen (secondary N) is 1. The van der Waals surface area contributed by atoms with Crippen LogP contribution in [0.1, 0.15) is 30.7 Å². The van der Waals surface area contributed by atoms with E-state index in [4.69, 9.17) is 0 Å². The smallest absolute Gasteiger partial charge is 0.0541 e. The van der Waals surface area contributed by atoms with Crippen molar-refractivity contribution in [3.63, 3.8) is 0 Å². The van der Waals surface area contributed by atoms with Gasteiger partial charge in [-0.25, -0.2) is 0 Å². The van der Waals surface area contributed by atoms with Gasteiger partial charge in [0.1, 0.15) is 0 Å². The van der Waals surface area contributed by atoms with Gasteiger partial charge in [0.2, 0.25) is 0 Å². The van der Waals surface area contributed by atoms with Gasteiger partial charge in [0.05, 0.1) is 5.69 Å². The Morgan fingerprint density at radius 3 is 2.24 bits per heavy atom. The highest BCUT2D eigenvalue weighted by Crippen LogP contribution is 2.07. The molecule has 0 atom stereocenters. The van der Waals surface area contributed by atoms with Gasteiger partial charge < -0.3 is 5.32 Å². The van der Waals surface area contributed by atoms with E-state index in [1.54, 1.807) is 0 Å². The maximum Gasteiger partial charge on any atom is 0.0541 e. The number of hydrogen-bond donors (Lipinski definition) is 1. The van der Waals surface area contributed by atoms with E-state index in [2.05, 4.69) is 53.3 Å². The number of nitrogens with zero attached hydrogens (tertiary/aromatic N) is 2. The van der Waals surface area contributed by atoms with E-state index in [0.29, 0.717) is 0 Å². The molecule has 1 aromatic carbocycles. The molecule has 1 aromatic heterocycles. The molecule has 0 saturated heterocycles. The van der Waals surface area contributed by atoms with Crippen LogP contribution in [0.25, 0.3) is 0 Å². The molecule has 0 radical (unpaired) electrons. The second-order valence-corrected chi connectivity index (χ2v) is 5.20. The summed E-state index contributed by atoms with van der Waals surface area (Å²) in [6.45, 7) is 9.34. The molecule has 0 amide bonds. The molecule has 1 N–H and O–H groups in total.